The third kappa shape index (κ3) is 2.33. The zero-order chi connectivity index (χ0) is 8.36. The van der Waals surface area contributed by atoms with E-state index in [9.17, 15) is 4.79 Å². The van der Waals surface area contributed by atoms with Gasteiger partial charge < -0.3 is 5.11 Å². The van der Waals surface area contributed by atoms with E-state index in [0.29, 0.717) is 0 Å². The summed E-state index contributed by atoms with van der Waals surface area (Å²) in [7, 11) is 0. The molecule has 0 radical (unpaired) electrons. The highest BCUT2D eigenvalue weighted by Crippen LogP contribution is 2.20. The van der Waals surface area contributed by atoms with Crippen LogP contribution in [0.1, 0.15) is 20.8 Å². The Hall–Kier alpha value is -0.610. The summed E-state index contributed by atoms with van der Waals surface area (Å²) in [5, 5.41) is 8.50. The molecule has 3 N–H and O–H groups in total. The van der Waals surface area contributed by atoms with E-state index in [1.165, 1.54) is 0 Å². The molecule has 4 heteroatoms. The van der Waals surface area contributed by atoms with Crippen molar-refractivity contribution in [3.8, 4) is 0 Å². The van der Waals surface area contributed by atoms with E-state index in [-0.39, 0.29) is 0 Å². The molecule has 0 rings (SSSR count). The largest absolute Gasteiger partial charge is 0.479 e. The fourth-order valence-corrected chi connectivity index (χ4v) is 0.633. The summed E-state index contributed by atoms with van der Waals surface area (Å²) >= 11 is 0. The van der Waals surface area contributed by atoms with Gasteiger partial charge in [-0.3, -0.25) is 4.84 Å². The van der Waals surface area contributed by atoms with Crippen molar-refractivity contribution in [2.24, 2.45) is 11.3 Å². The maximum atomic E-state index is 10.4. The van der Waals surface area contributed by atoms with Crippen LogP contribution in [0.5, 0.6) is 0 Å². The summed E-state index contributed by atoms with van der Waals surface area (Å²) in [6.07, 6.45) is -0.938. The molecule has 10 heavy (non-hydrogen) atoms. The fraction of sp³-hybridized carbons (Fsp3) is 0.833. The van der Waals surface area contributed by atoms with Crippen LogP contribution >= 0.6 is 0 Å². The standard InChI is InChI=1S/C6H13NO3/c1-6(2,3)4(10-7)5(8)9/h4H,7H2,1-3H3,(H,8,9). The van der Waals surface area contributed by atoms with Crippen molar-refractivity contribution in [3.05, 3.63) is 0 Å². The molecule has 1 atom stereocenters. The Morgan fingerprint density at radius 2 is 2.00 bits per heavy atom. The first-order chi connectivity index (χ1) is 4.39. The minimum Gasteiger partial charge on any atom is -0.479 e. The molecule has 0 aromatic rings. The summed E-state index contributed by atoms with van der Waals surface area (Å²) < 4.78 is 0. The van der Waals surface area contributed by atoms with E-state index < -0.39 is 17.5 Å². The topological polar surface area (TPSA) is 72.5 Å². The normalized spacial score (nSPS) is 14.8. The number of carboxylic acids is 1. The predicted octanol–water partition coefficient (Wildman–Crippen LogP) is 0.376. The summed E-state index contributed by atoms with van der Waals surface area (Å²) in [5.41, 5.74) is -0.458. The Labute approximate surface area is 59.9 Å². The van der Waals surface area contributed by atoms with Crippen LogP contribution in [-0.2, 0) is 9.63 Å². The van der Waals surface area contributed by atoms with E-state index in [1.54, 1.807) is 20.8 Å². The molecule has 60 valence electrons. The van der Waals surface area contributed by atoms with Gasteiger partial charge in [-0.05, 0) is 0 Å². The average Bonchev–Trinajstić information content (AvgIpc) is 1.60. The van der Waals surface area contributed by atoms with Crippen LogP contribution in [0, 0.1) is 5.41 Å². The summed E-state index contributed by atoms with van der Waals surface area (Å²) in [4.78, 5) is 14.6. The summed E-state index contributed by atoms with van der Waals surface area (Å²) in [5.74, 6) is 3.75. The molecule has 0 heterocycles. The predicted molar refractivity (Wildman–Crippen MR) is 36.2 cm³/mol. The van der Waals surface area contributed by atoms with Crippen molar-refractivity contribution >= 4 is 5.97 Å². The SMILES string of the molecule is CC(C)(C)C(ON)C(=O)O. The first-order valence-electron chi connectivity index (χ1n) is 2.98. The second-order valence-electron chi connectivity index (χ2n) is 3.22. The molecule has 0 aliphatic heterocycles. The molecule has 1 unspecified atom stereocenters. The van der Waals surface area contributed by atoms with Crippen molar-refractivity contribution < 1.29 is 14.7 Å². The molecular formula is C6H13NO3. The van der Waals surface area contributed by atoms with Crippen molar-refractivity contribution in [2.45, 2.75) is 26.9 Å². The van der Waals surface area contributed by atoms with Gasteiger partial charge in [0, 0.05) is 5.41 Å². The summed E-state index contributed by atoms with van der Waals surface area (Å²) in [6, 6.07) is 0. The number of carbonyl (C=O) groups is 1. The summed E-state index contributed by atoms with van der Waals surface area (Å²) in [6.45, 7) is 5.25. The van der Waals surface area contributed by atoms with E-state index >= 15 is 0 Å². The van der Waals surface area contributed by atoms with Gasteiger partial charge in [0.2, 0.25) is 0 Å². The Morgan fingerprint density at radius 1 is 1.60 bits per heavy atom. The van der Waals surface area contributed by atoms with Gasteiger partial charge in [0.1, 0.15) is 0 Å². The number of rotatable bonds is 2. The minimum absolute atomic E-state index is 0.458. The van der Waals surface area contributed by atoms with E-state index in [1.807, 2.05) is 0 Å². The molecule has 0 aliphatic rings. The maximum absolute atomic E-state index is 10.4. The van der Waals surface area contributed by atoms with Gasteiger partial charge in [0.15, 0.2) is 6.10 Å². The lowest BCUT2D eigenvalue weighted by Gasteiger charge is -2.24. The number of hydrogen-bond donors (Lipinski definition) is 2. The van der Waals surface area contributed by atoms with Crippen LogP contribution in [0.4, 0.5) is 0 Å². The highest BCUT2D eigenvalue weighted by molar-refractivity contribution is 5.73. The van der Waals surface area contributed by atoms with E-state index in [4.69, 9.17) is 11.0 Å². The number of nitrogens with two attached hydrogens (primary N) is 1. The zero-order valence-corrected chi connectivity index (χ0v) is 6.42. The zero-order valence-electron chi connectivity index (χ0n) is 6.42. The molecule has 0 amide bonds. The molecule has 0 spiro atoms. The van der Waals surface area contributed by atoms with Crippen LogP contribution in [0.25, 0.3) is 0 Å². The van der Waals surface area contributed by atoms with Gasteiger partial charge >= 0.3 is 5.97 Å². The van der Waals surface area contributed by atoms with Crippen molar-refractivity contribution in [1.29, 1.82) is 0 Å². The molecular weight excluding hydrogens is 134 g/mol. The lowest BCUT2D eigenvalue weighted by molar-refractivity contribution is -0.158. The second-order valence-corrected chi connectivity index (χ2v) is 3.22. The van der Waals surface area contributed by atoms with Gasteiger partial charge in [-0.2, -0.15) is 0 Å². The van der Waals surface area contributed by atoms with Crippen LogP contribution in [-0.4, -0.2) is 17.2 Å². The van der Waals surface area contributed by atoms with E-state index in [2.05, 4.69) is 4.84 Å². The molecule has 0 fully saturated rings. The highest BCUT2D eigenvalue weighted by atomic mass is 16.6. The lowest BCUT2D eigenvalue weighted by Crippen LogP contribution is -2.38. The third-order valence-electron chi connectivity index (χ3n) is 1.15. The molecule has 0 aromatic carbocycles. The molecule has 0 aliphatic carbocycles. The monoisotopic (exact) mass is 147 g/mol. The molecule has 0 aromatic heterocycles. The lowest BCUT2D eigenvalue weighted by atomic mass is 9.89. The Balaban J connectivity index is 4.22. The second kappa shape index (κ2) is 2.98. The number of carboxylic acid groups (broad SMARTS) is 1. The molecule has 0 saturated carbocycles. The van der Waals surface area contributed by atoms with Crippen molar-refractivity contribution in [1.82, 2.24) is 0 Å². The first-order valence-corrected chi connectivity index (χ1v) is 2.98. The highest BCUT2D eigenvalue weighted by Gasteiger charge is 2.31. The van der Waals surface area contributed by atoms with E-state index in [0.717, 1.165) is 0 Å². The van der Waals surface area contributed by atoms with Crippen LogP contribution < -0.4 is 5.90 Å². The van der Waals surface area contributed by atoms with Gasteiger partial charge in [-0.1, -0.05) is 20.8 Å². The molecule has 0 saturated heterocycles. The third-order valence-corrected chi connectivity index (χ3v) is 1.15. The molecule has 4 nitrogen and oxygen atoms in total. The average molecular weight is 147 g/mol. The van der Waals surface area contributed by atoms with Gasteiger partial charge in [0.05, 0.1) is 0 Å². The quantitative estimate of drug-likeness (QED) is 0.554. The van der Waals surface area contributed by atoms with Crippen molar-refractivity contribution in [2.75, 3.05) is 0 Å². The Bertz CT molecular complexity index is 127. The Kier molecular flexibility index (Phi) is 2.80. The Morgan fingerprint density at radius 3 is 2.00 bits per heavy atom. The molecule has 0 bridgehead atoms. The van der Waals surface area contributed by atoms with Gasteiger partial charge in [0.25, 0.3) is 0 Å². The minimum atomic E-state index is -1.03. The van der Waals surface area contributed by atoms with Crippen LogP contribution in [0.3, 0.4) is 0 Å². The van der Waals surface area contributed by atoms with Crippen LogP contribution in [0.2, 0.25) is 0 Å². The number of aliphatic carboxylic acids is 1. The smallest absolute Gasteiger partial charge is 0.335 e. The van der Waals surface area contributed by atoms with Gasteiger partial charge in [-0.25, -0.2) is 10.7 Å². The fourth-order valence-electron chi connectivity index (χ4n) is 0.633. The van der Waals surface area contributed by atoms with Gasteiger partial charge in [-0.15, -0.1) is 0 Å². The van der Waals surface area contributed by atoms with Crippen LogP contribution in [0.15, 0.2) is 0 Å². The first kappa shape index (κ1) is 9.39. The maximum Gasteiger partial charge on any atom is 0.335 e. The van der Waals surface area contributed by atoms with Crippen molar-refractivity contribution in [3.63, 3.8) is 0 Å². The number of hydrogen-bond acceptors (Lipinski definition) is 3.